The zero-order valence-electron chi connectivity index (χ0n) is 12.2. The van der Waals surface area contributed by atoms with E-state index >= 15 is 0 Å². The lowest BCUT2D eigenvalue weighted by molar-refractivity contribution is -0.122. The first-order valence-corrected chi connectivity index (χ1v) is 6.86. The van der Waals surface area contributed by atoms with Crippen molar-refractivity contribution in [3.8, 4) is 5.75 Å². The summed E-state index contributed by atoms with van der Waals surface area (Å²) < 4.78 is 5.48. The van der Waals surface area contributed by atoms with Gasteiger partial charge in [0.2, 0.25) is 0 Å². The minimum Gasteiger partial charge on any atom is -0.479 e. The molecule has 0 fully saturated rings. The summed E-state index contributed by atoms with van der Waals surface area (Å²) in [5.74, 6) is 0.147. The lowest BCUT2D eigenvalue weighted by atomic mass is 10.1. The van der Waals surface area contributed by atoms with Gasteiger partial charge in [0, 0.05) is 18.8 Å². The number of nitrogens with zero attached hydrogens (tertiary/aromatic N) is 2. The van der Waals surface area contributed by atoms with Gasteiger partial charge < -0.3 is 15.0 Å². The molecule has 1 aromatic carbocycles. The summed E-state index contributed by atoms with van der Waals surface area (Å²) in [7, 11) is 1.68. The van der Waals surface area contributed by atoms with Crippen molar-refractivity contribution in [2.75, 3.05) is 17.3 Å². The maximum atomic E-state index is 12.5. The van der Waals surface area contributed by atoms with E-state index in [9.17, 15) is 9.59 Å². The molecule has 1 unspecified atom stereocenters. The molecule has 2 amide bonds. The van der Waals surface area contributed by atoms with Crippen molar-refractivity contribution in [1.82, 2.24) is 4.98 Å². The normalized spacial score (nSPS) is 16.3. The van der Waals surface area contributed by atoms with E-state index in [1.54, 1.807) is 56.7 Å². The molecule has 1 aliphatic heterocycles. The number of carbonyl (C=O) groups excluding carboxylic acids is 2. The Kier molecular flexibility index (Phi) is 3.50. The summed E-state index contributed by atoms with van der Waals surface area (Å²) in [6.07, 6.45) is 2.73. The number of nitrogens with one attached hydrogen (secondary N) is 1. The van der Waals surface area contributed by atoms with E-state index in [4.69, 9.17) is 4.74 Å². The molecule has 1 aliphatic rings. The van der Waals surface area contributed by atoms with Crippen LogP contribution in [0, 0.1) is 0 Å². The molecule has 112 valence electrons. The summed E-state index contributed by atoms with van der Waals surface area (Å²) in [5, 5.41) is 2.74. The minimum atomic E-state index is -0.535. The van der Waals surface area contributed by atoms with Crippen LogP contribution in [0.25, 0.3) is 0 Å². The average Bonchev–Trinajstić information content (AvgIpc) is 2.55. The lowest BCUT2D eigenvalue weighted by Crippen LogP contribution is -2.34. The second kappa shape index (κ2) is 5.48. The van der Waals surface area contributed by atoms with E-state index in [1.807, 2.05) is 0 Å². The van der Waals surface area contributed by atoms with E-state index in [2.05, 4.69) is 10.3 Å². The number of anilines is 2. The van der Waals surface area contributed by atoms with Gasteiger partial charge in [0.25, 0.3) is 11.8 Å². The van der Waals surface area contributed by atoms with Gasteiger partial charge >= 0.3 is 0 Å². The fourth-order valence-electron chi connectivity index (χ4n) is 2.20. The monoisotopic (exact) mass is 297 g/mol. The van der Waals surface area contributed by atoms with Crippen LogP contribution >= 0.6 is 0 Å². The molecule has 2 heterocycles. The van der Waals surface area contributed by atoms with Crippen LogP contribution in [0.4, 0.5) is 11.4 Å². The van der Waals surface area contributed by atoms with Crippen LogP contribution in [0.15, 0.2) is 42.7 Å². The van der Waals surface area contributed by atoms with E-state index < -0.39 is 6.10 Å². The van der Waals surface area contributed by atoms with Crippen molar-refractivity contribution in [2.45, 2.75) is 13.0 Å². The van der Waals surface area contributed by atoms with Crippen LogP contribution in [-0.4, -0.2) is 29.9 Å². The molecule has 0 aliphatic carbocycles. The van der Waals surface area contributed by atoms with Crippen LogP contribution in [0.3, 0.4) is 0 Å². The largest absolute Gasteiger partial charge is 0.479 e. The first-order valence-electron chi connectivity index (χ1n) is 6.86. The highest BCUT2D eigenvalue weighted by Gasteiger charge is 2.25. The van der Waals surface area contributed by atoms with Gasteiger partial charge in [0.15, 0.2) is 6.10 Å². The predicted octanol–water partition coefficient (Wildman–Crippen LogP) is 2.08. The molecule has 0 bridgehead atoms. The van der Waals surface area contributed by atoms with Gasteiger partial charge in [0.05, 0.1) is 17.6 Å². The smallest absolute Gasteiger partial charge is 0.265 e. The number of benzene rings is 1. The van der Waals surface area contributed by atoms with Crippen molar-refractivity contribution in [3.05, 3.63) is 48.3 Å². The standard InChI is InChI=1S/C16H15N3O3/c1-10-15(20)18-13-8-11(5-6-14(13)22-10)16(21)19(2)12-4-3-7-17-9-12/h3-10H,1-2H3,(H,18,20). The number of pyridine rings is 1. The molecule has 6 nitrogen and oxygen atoms in total. The third-order valence-electron chi connectivity index (χ3n) is 3.50. The molecule has 6 heteroatoms. The number of rotatable bonds is 2. The zero-order chi connectivity index (χ0) is 15.7. The molecule has 22 heavy (non-hydrogen) atoms. The molecule has 2 aromatic rings. The third-order valence-corrected chi connectivity index (χ3v) is 3.50. The first-order chi connectivity index (χ1) is 10.6. The van der Waals surface area contributed by atoms with Crippen LogP contribution in [0.1, 0.15) is 17.3 Å². The van der Waals surface area contributed by atoms with Crippen molar-refractivity contribution in [3.63, 3.8) is 0 Å². The van der Waals surface area contributed by atoms with Gasteiger partial charge in [-0.15, -0.1) is 0 Å². The van der Waals surface area contributed by atoms with Gasteiger partial charge in [-0.25, -0.2) is 0 Å². The molecule has 0 spiro atoms. The average molecular weight is 297 g/mol. The third kappa shape index (κ3) is 2.50. The van der Waals surface area contributed by atoms with E-state index in [-0.39, 0.29) is 11.8 Å². The van der Waals surface area contributed by atoms with E-state index in [0.717, 1.165) is 0 Å². The van der Waals surface area contributed by atoms with Crippen molar-refractivity contribution >= 4 is 23.2 Å². The minimum absolute atomic E-state index is 0.191. The Morgan fingerprint density at radius 3 is 2.91 bits per heavy atom. The van der Waals surface area contributed by atoms with Gasteiger partial charge in [-0.3, -0.25) is 14.6 Å². The van der Waals surface area contributed by atoms with Crippen LogP contribution < -0.4 is 15.0 Å². The van der Waals surface area contributed by atoms with Crippen LogP contribution in [0.2, 0.25) is 0 Å². The van der Waals surface area contributed by atoms with Crippen molar-refractivity contribution in [2.24, 2.45) is 0 Å². The summed E-state index contributed by atoms with van der Waals surface area (Å²) in [4.78, 5) is 29.7. The predicted molar refractivity (Wildman–Crippen MR) is 82.1 cm³/mol. The summed E-state index contributed by atoms with van der Waals surface area (Å²) >= 11 is 0. The van der Waals surface area contributed by atoms with Crippen LogP contribution in [-0.2, 0) is 4.79 Å². The molecule has 0 saturated heterocycles. The number of ether oxygens (including phenoxy) is 1. The SMILES string of the molecule is CC1Oc2ccc(C(=O)N(C)c3cccnc3)cc2NC1=O. The molecule has 0 radical (unpaired) electrons. The second-order valence-corrected chi connectivity index (χ2v) is 5.04. The van der Waals surface area contributed by atoms with Gasteiger partial charge in [-0.1, -0.05) is 0 Å². The topological polar surface area (TPSA) is 71.5 Å². The molecule has 1 N–H and O–H groups in total. The van der Waals surface area contributed by atoms with Crippen molar-refractivity contribution < 1.29 is 14.3 Å². The van der Waals surface area contributed by atoms with Gasteiger partial charge in [-0.2, -0.15) is 0 Å². The number of aromatic nitrogens is 1. The number of hydrogen-bond donors (Lipinski definition) is 1. The molecular weight excluding hydrogens is 282 g/mol. The van der Waals surface area contributed by atoms with Gasteiger partial charge in [-0.05, 0) is 37.3 Å². The highest BCUT2D eigenvalue weighted by molar-refractivity contribution is 6.07. The fraction of sp³-hybridized carbons (Fsp3) is 0.188. The Labute approximate surface area is 127 Å². The zero-order valence-corrected chi connectivity index (χ0v) is 12.2. The summed E-state index contributed by atoms with van der Waals surface area (Å²) in [6.45, 7) is 1.67. The van der Waals surface area contributed by atoms with Crippen molar-refractivity contribution in [1.29, 1.82) is 0 Å². The summed E-state index contributed by atoms with van der Waals surface area (Å²) in [6, 6.07) is 8.55. The second-order valence-electron chi connectivity index (χ2n) is 5.04. The Balaban J connectivity index is 1.88. The highest BCUT2D eigenvalue weighted by Crippen LogP contribution is 2.31. The molecule has 3 rings (SSSR count). The highest BCUT2D eigenvalue weighted by atomic mass is 16.5. The van der Waals surface area contributed by atoms with E-state index in [0.29, 0.717) is 22.7 Å². The number of hydrogen-bond acceptors (Lipinski definition) is 4. The molecular formula is C16H15N3O3. The maximum Gasteiger partial charge on any atom is 0.265 e. The quantitative estimate of drug-likeness (QED) is 0.921. The molecule has 0 saturated carbocycles. The maximum absolute atomic E-state index is 12.5. The Morgan fingerprint density at radius 2 is 2.18 bits per heavy atom. The Morgan fingerprint density at radius 1 is 1.36 bits per heavy atom. The van der Waals surface area contributed by atoms with Gasteiger partial charge in [0.1, 0.15) is 5.75 Å². The first kappa shape index (κ1) is 14.1. The Hall–Kier alpha value is -2.89. The van der Waals surface area contributed by atoms with Crippen LogP contribution in [0.5, 0.6) is 5.75 Å². The summed E-state index contributed by atoms with van der Waals surface area (Å²) in [5.41, 5.74) is 1.66. The number of carbonyl (C=O) groups is 2. The lowest BCUT2D eigenvalue weighted by Gasteiger charge is -2.24. The fourth-order valence-corrected chi connectivity index (χ4v) is 2.20. The number of amides is 2. The van der Waals surface area contributed by atoms with E-state index in [1.165, 1.54) is 4.90 Å². The number of fused-ring (bicyclic) bond motifs is 1. The Bertz CT molecular complexity index is 731. The molecule has 1 atom stereocenters. The molecule has 1 aromatic heterocycles.